The van der Waals surface area contributed by atoms with Gasteiger partial charge in [0.25, 0.3) is 0 Å². The second kappa shape index (κ2) is 5.08. The van der Waals surface area contributed by atoms with Gasteiger partial charge < -0.3 is 5.11 Å². The summed E-state index contributed by atoms with van der Waals surface area (Å²) in [5.41, 5.74) is -1.34. The molecule has 3 aromatic rings. The number of aliphatic hydroxyl groups is 1. The van der Waals surface area contributed by atoms with E-state index in [-0.39, 0.29) is 5.56 Å². The number of halogens is 4. The van der Waals surface area contributed by atoms with E-state index in [1.54, 1.807) is 6.07 Å². The van der Waals surface area contributed by atoms with Crippen LogP contribution in [0.2, 0.25) is 0 Å². The topological polar surface area (TPSA) is 20.2 Å². The Bertz CT molecular complexity index is 759. The molecule has 0 aliphatic carbocycles. The van der Waals surface area contributed by atoms with Crippen LogP contribution in [0.5, 0.6) is 0 Å². The van der Waals surface area contributed by atoms with Gasteiger partial charge in [-0.1, -0.05) is 6.07 Å². The van der Waals surface area contributed by atoms with Crippen LogP contribution in [0.1, 0.15) is 22.1 Å². The lowest BCUT2D eigenvalue weighted by molar-refractivity contribution is -0.140. The lowest BCUT2D eigenvalue weighted by Gasteiger charge is -2.13. The van der Waals surface area contributed by atoms with Gasteiger partial charge in [-0.05, 0) is 35.2 Å². The zero-order valence-corrected chi connectivity index (χ0v) is 12.0. The summed E-state index contributed by atoms with van der Waals surface area (Å²) in [6.45, 7) is 0. The number of rotatable bonds is 2. The van der Waals surface area contributed by atoms with Crippen molar-refractivity contribution < 1.29 is 22.7 Å². The molecule has 1 unspecified atom stereocenters. The molecule has 0 saturated carbocycles. The number of fused-ring (bicyclic) bond motifs is 1. The second-order valence-electron chi connectivity index (χ2n) is 4.44. The molecular weight excluding hydrogens is 324 g/mol. The van der Waals surface area contributed by atoms with Crippen molar-refractivity contribution in [3.8, 4) is 0 Å². The number of hydrogen-bond donors (Lipinski definition) is 1. The summed E-state index contributed by atoms with van der Waals surface area (Å²) in [6, 6.07) is 6.19. The maximum Gasteiger partial charge on any atom is 0.419 e. The summed E-state index contributed by atoms with van der Waals surface area (Å²) in [5.74, 6) is -1.34. The maximum atomic E-state index is 13.3. The molecule has 0 aliphatic rings. The Kier molecular flexibility index (Phi) is 3.51. The maximum absolute atomic E-state index is 13.3. The molecule has 0 spiro atoms. The quantitative estimate of drug-likeness (QED) is 0.639. The van der Waals surface area contributed by atoms with Gasteiger partial charge in [0.1, 0.15) is 11.9 Å². The highest BCUT2D eigenvalue weighted by atomic mass is 32.1. The number of hydrogen-bond acceptors (Lipinski definition) is 3. The standard InChI is InChI=1S/C14H8F4OS2/c15-9-2-1-7(5-8(9)14(16,17)18)13(19)12-6-11-10(21-12)3-4-20-11/h1-6,13,19H. The van der Waals surface area contributed by atoms with Gasteiger partial charge in [-0.15, -0.1) is 22.7 Å². The molecule has 0 bridgehead atoms. The first-order valence-electron chi connectivity index (χ1n) is 5.88. The van der Waals surface area contributed by atoms with Crippen LogP contribution in [-0.4, -0.2) is 5.11 Å². The van der Waals surface area contributed by atoms with Crippen molar-refractivity contribution in [1.29, 1.82) is 0 Å². The largest absolute Gasteiger partial charge is 0.419 e. The summed E-state index contributed by atoms with van der Waals surface area (Å²) in [6.07, 6.45) is -5.98. The van der Waals surface area contributed by atoms with Gasteiger partial charge in [0.05, 0.1) is 5.56 Å². The van der Waals surface area contributed by atoms with E-state index in [9.17, 15) is 22.7 Å². The minimum Gasteiger partial charge on any atom is -0.383 e. The lowest BCUT2D eigenvalue weighted by atomic mass is 10.0. The van der Waals surface area contributed by atoms with Crippen LogP contribution >= 0.6 is 22.7 Å². The Hall–Kier alpha value is -1.44. The molecule has 1 N–H and O–H groups in total. The Morgan fingerprint density at radius 1 is 1.05 bits per heavy atom. The predicted octanol–water partition coefficient (Wildman–Crippen LogP) is 5.20. The van der Waals surface area contributed by atoms with Crippen molar-refractivity contribution in [2.45, 2.75) is 12.3 Å². The van der Waals surface area contributed by atoms with E-state index in [1.165, 1.54) is 28.7 Å². The molecule has 1 nitrogen and oxygen atoms in total. The van der Waals surface area contributed by atoms with E-state index in [2.05, 4.69) is 0 Å². The van der Waals surface area contributed by atoms with Crippen LogP contribution in [0.15, 0.2) is 35.7 Å². The van der Waals surface area contributed by atoms with Crippen LogP contribution in [0.3, 0.4) is 0 Å². The monoisotopic (exact) mass is 332 g/mol. The smallest absolute Gasteiger partial charge is 0.383 e. The highest BCUT2D eigenvalue weighted by Crippen LogP contribution is 2.38. The van der Waals surface area contributed by atoms with Crippen LogP contribution in [-0.2, 0) is 6.18 Å². The van der Waals surface area contributed by atoms with Gasteiger partial charge >= 0.3 is 6.18 Å². The molecule has 0 saturated heterocycles. The minimum absolute atomic E-state index is 0.0256. The highest BCUT2D eigenvalue weighted by molar-refractivity contribution is 7.26. The van der Waals surface area contributed by atoms with E-state index >= 15 is 0 Å². The number of thiophene rings is 2. The highest BCUT2D eigenvalue weighted by Gasteiger charge is 2.34. The van der Waals surface area contributed by atoms with Crippen molar-refractivity contribution in [1.82, 2.24) is 0 Å². The van der Waals surface area contributed by atoms with Crippen LogP contribution in [0.25, 0.3) is 9.40 Å². The Morgan fingerprint density at radius 3 is 2.48 bits per heavy atom. The number of aliphatic hydroxyl groups excluding tert-OH is 1. The molecule has 7 heteroatoms. The van der Waals surface area contributed by atoms with Crippen LogP contribution in [0, 0.1) is 5.82 Å². The van der Waals surface area contributed by atoms with E-state index in [0.717, 1.165) is 15.5 Å². The van der Waals surface area contributed by atoms with Gasteiger partial charge in [0.2, 0.25) is 0 Å². The van der Waals surface area contributed by atoms with Crippen molar-refractivity contribution in [3.05, 3.63) is 57.5 Å². The molecule has 21 heavy (non-hydrogen) atoms. The summed E-state index contributed by atoms with van der Waals surface area (Å²) in [7, 11) is 0. The predicted molar refractivity (Wildman–Crippen MR) is 75.2 cm³/mol. The van der Waals surface area contributed by atoms with Crippen molar-refractivity contribution >= 4 is 32.1 Å². The second-order valence-corrected chi connectivity index (χ2v) is 6.50. The van der Waals surface area contributed by atoms with Crippen molar-refractivity contribution in [3.63, 3.8) is 0 Å². The molecule has 3 rings (SSSR count). The Morgan fingerprint density at radius 2 is 1.81 bits per heavy atom. The fourth-order valence-electron chi connectivity index (χ4n) is 2.01. The van der Waals surface area contributed by atoms with Crippen molar-refractivity contribution in [2.24, 2.45) is 0 Å². The molecule has 0 aliphatic heterocycles. The zero-order valence-electron chi connectivity index (χ0n) is 10.3. The van der Waals surface area contributed by atoms with Gasteiger partial charge in [-0.2, -0.15) is 13.2 Å². The molecule has 2 heterocycles. The molecule has 1 aromatic carbocycles. The van der Waals surface area contributed by atoms with E-state index < -0.39 is 23.7 Å². The fourth-order valence-corrected chi connectivity index (χ4v) is 4.15. The van der Waals surface area contributed by atoms with Crippen LogP contribution in [0.4, 0.5) is 17.6 Å². The molecule has 0 fully saturated rings. The average Bonchev–Trinajstić information content (AvgIpc) is 2.97. The van der Waals surface area contributed by atoms with Gasteiger partial charge in [0, 0.05) is 14.3 Å². The van der Waals surface area contributed by atoms with Gasteiger partial charge in [0.15, 0.2) is 0 Å². The zero-order chi connectivity index (χ0) is 15.2. The van der Waals surface area contributed by atoms with Gasteiger partial charge in [-0.3, -0.25) is 0 Å². The van der Waals surface area contributed by atoms with E-state index in [1.807, 2.05) is 11.4 Å². The van der Waals surface area contributed by atoms with E-state index in [4.69, 9.17) is 0 Å². The first-order valence-corrected chi connectivity index (χ1v) is 7.57. The lowest BCUT2D eigenvalue weighted by Crippen LogP contribution is -2.10. The third kappa shape index (κ3) is 2.68. The SMILES string of the molecule is OC(c1ccc(F)c(C(F)(F)F)c1)c1cc2sccc2s1. The van der Waals surface area contributed by atoms with Crippen LogP contribution < -0.4 is 0 Å². The fraction of sp³-hybridized carbons (Fsp3) is 0.143. The molecule has 2 aromatic heterocycles. The summed E-state index contributed by atoms with van der Waals surface area (Å²) in [5, 5.41) is 12.1. The van der Waals surface area contributed by atoms with E-state index in [0.29, 0.717) is 10.9 Å². The molecule has 0 radical (unpaired) electrons. The molecule has 0 amide bonds. The summed E-state index contributed by atoms with van der Waals surface area (Å²) in [4.78, 5) is 0.539. The van der Waals surface area contributed by atoms with Crippen molar-refractivity contribution in [2.75, 3.05) is 0 Å². The summed E-state index contributed by atoms with van der Waals surface area (Å²) >= 11 is 2.80. The average molecular weight is 332 g/mol. The third-order valence-electron chi connectivity index (χ3n) is 3.04. The Labute approximate surface area is 125 Å². The number of alkyl halides is 3. The van der Waals surface area contributed by atoms with Gasteiger partial charge in [-0.25, -0.2) is 4.39 Å². The third-order valence-corrected chi connectivity index (χ3v) is 5.19. The molecule has 1 atom stereocenters. The number of benzene rings is 1. The normalized spacial score (nSPS) is 13.8. The first-order chi connectivity index (χ1) is 9.86. The Balaban J connectivity index is 2.01. The summed E-state index contributed by atoms with van der Waals surface area (Å²) < 4.78 is 53.3. The first kappa shape index (κ1) is 14.5. The minimum atomic E-state index is -4.78. The molecule has 110 valence electrons. The molecular formula is C14H8F4OS2.